The first-order chi connectivity index (χ1) is 9.66. The standard InChI is InChI=1S/C13H18N6O/c1-18(2)6-7-19(9-11-4-3-5-14-8-11)13(20)12-15-10-16-17-12/h3-5,8,10H,6-7,9H2,1-2H3,(H,15,16,17). The van der Waals surface area contributed by atoms with Crippen molar-refractivity contribution in [3.05, 3.63) is 42.2 Å². The highest BCUT2D eigenvalue weighted by molar-refractivity contribution is 5.90. The van der Waals surface area contributed by atoms with Gasteiger partial charge in [-0.3, -0.25) is 14.9 Å². The van der Waals surface area contributed by atoms with Crippen LogP contribution in [0.15, 0.2) is 30.9 Å². The van der Waals surface area contributed by atoms with Gasteiger partial charge in [0.25, 0.3) is 5.91 Å². The van der Waals surface area contributed by atoms with Crippen LogP contribution in [0.4, 0.5) is 0 Å². The molecule has 0 saturated carbocycles. The van der Waals surface area contributed by atoms with Crippen LogP contribution in [0.5, 0.6) is 0 Å². The number of nitrogens with zero attached hydrogens (tertiary/aromatic N) is 5. The van der Waals surface area contributed by atoms with E-state index in [4.69, 9.17) is 0 Å². The van der Waals surface area contributed by atoms with E-state index >= 15 is 0 Å². The second-order valence-corrected chi connectivity index (χ2v) is 4.73. The number of carbonyl (C=O) groups excluding carboxylic acids is 1. The third kappa shape index (κ3) is 3.86. The van der Waals surface area contributed by atoms with Gasteiger partial charge in [0.2, 0.25) is 5.82 Å². The second kappa shape index (κ2) is 6.76. The average Bonchev–Trinajstić information content (AvgIpc) is 2.97. The number of aromatic nitrogens is 4. The number of likely N-dealkylation sites (N-methyl/N-ethyl adjacent to an activating group) is 1. The summed E-state index contributed by atoms with van der Waals surface area (Å²) in [4.78, 5) is 24.1. The Morgan fingerprint density at radius 1 is 1.35 bits per heavy atom. The fourth-order valence-corrected chi connectivity index (χ4v) is 1.74. The molecular weight excluding hydrogens is 256 g/mol. The van der Waals surface area contributed by atoms with Gasteiger partial charge in [0, 0.05) is 32.0 Å². The van der Waals surface area contributed by atoms with Crippen molar-refractivity contribution < 1.29 is 4.79 Å². The first-order valence-corrected chi connectivity index (χ1v) is 6.35. The normalized spacial score (nSPS) is 10.8. The van der Waals surface area contributed by atoms with Gasteiger partial charge < -0.3 is 9.80 Å². The molecule has 20 heavy (non-hydrogen) atoms. The number of amides is 1. The molecule has 0 atom stereocenters. The molecule has 1 amide bonds. The molecule has 0 aromatic carbocycles. The first kappa shape index (κ1) is 14.1. The van der Waals surface area contributed by atoms with Gasteiger partial charge in [0.15, 0.2) is 0 Å². The van der Waals surface area contributed by atoms with E-state index < -0.39 is 0 Å². The van der Waals surface area contributed by atoms with Crippen LogP contribution >= 0.6 is 0 Å². The number of nitrogens with one attached hydrogen (secondary N) is 1. The highest BCUT2D eigenvalue weighted by Gasteiger charge is 2.18. The lowest BCUT2D eigenvalue weighted by Gasteiger charge is -2.23. The molecule has 0 aliphatic rings. The Morgan fingerprint density at radius 3 is 2.80 bits per heavy atom. The fraction of sp³-hybridized carbons (Fsp3) is 0.385. The van der Waals surface area contributed by atoms with Crippen molar-refractivity contribution in [2.75, 3.05) is 27.2 Å². The molecule has 0 aliphatic heterocycles. The van der Waals surface area contributed by atoms with Crippen LogP contribution in [0, 0.1) is 0 Å². The quantitative estimate of drug-likeness (QED) is 0.825. The maximum Gasteiger partial charge on any atom is 0.291 e. The Balaban J connectivity index is 2.10. The van der Waals surface area contributed by atoms with E-state index in [0.717, 1.165) is 12.1 Å². The summed E-state index contributed by atoms with van der Waals surface area (Å²) in [5.74, 6) is 0.0980. The summed E-state index contributed by atoms with van der Waals surface area (Å²) in [6, 6.07) is 3.81. The predicted molar refractivity (Wildman–Crippen MR) is 73.9 cm³/mol. The summed E-state index contributed by atoms with van der Waals surface area (Å²) in [7, 11) is 3.95. The predicted octanol–water partition coefficient (Wildman–Crippen LogP) is 0.404. The number of pyridine rings is 1. The third-order valence-electron chi connectivity index (χ3n) is 2.82. The highest BCUT2D eigenvalue weighted by Crippen LogP contribution is 2.06. The highest BCUT2D eigenvalue weighted by atomic mass is 16.2. The molecule has 0 bridgehead atoms. The van der Waals surface area contributed by atoms with Crippen LogP contribution in [0.3, 0.4) is 0 Å². The maximum atomic E-state index is 12.4. The number of H-pyrrole nitrogens is 1. The summed E-state index contributed by atoms with van der Waals surface area (Å²) >= 11 is 0. The minimum Gasteiger partial charge on any atom is -0.330 e. The van der Waals surface area contributed by atoms with Gasteiger partial charge in [-0.2, -0.15) is 5.10 Å². The molecule has 7 nitrogen and oxygen atoms in total. The maximum absolute atomic E-state index is 12.4. The molecule has 2 rings (SSSR count). The van der Waals surface area contributed by atoms with Gasteiger partial charge >= 0.3 is 0 Å². The number of hydrogen-bond acceptors (Lipinski definition) is 5. The summed E-state index contributed by atoms with van der Waals surface area (Å²) in [5.41, 5.74) is 0.985. The van der Waals surface area contributed by atoms with Gasteiger partial charge in [0.1, 0.15) is 6.33 Å². The van der Waals surface area contributed by atoms with Gasteiger partial charge in [-0.05, 0) is 25.7 Å². The number of aromatic amines is 1. The van der Waals surface area contributed by atoms with Crippen molar-refractivity contribution in [1.29, 1.82) is 0 Å². The molecule has 0 fully saturated rings. The van der Waals surface area contributed by atoms with Crippen LogP contribution in [-0.4, -0.2) is 63.1 Å². The molecule has 106 valence electrons. The Morgan fingerprint density at radius 2 is 2.20 bits per heavy atom. The molecule has 2 aromatic heterocycles. The van der Waals surface area contributed by atoms with Gasteiger partial charge in [-0.25, -0.2) is 4.98 Å². The van der Waals surface area contributed by atoms with E-state index in [0.29, 0.717) is 13.1 Å². The van der Waals surface area contributed by atoms with Crippen molar-refractivity contribution in [3.8, 4) is 0 Å². The molecule has 0 radical (unpaired) electrons. The molecule has 2 heterocycles. The Kier molecular flexibility index (Phi) is 4.78. The monoisotopic (exact) mass is 274 g/mol. The van der Waals surface area contributed by atoms with Crippen molar-refractivity contribution in [1.82, 2.24) is 30.0 Å². The summed E-state index contributed by atoms with van der Waals surface area (Å²) in [6.07, 6.45) is 4.81. The van der Waals surface area contributed by atoms with Gasteiger partial charge in [0.05, 0.1) is 0 Å². The van der Waals surface area contributed by atoms with E-state index in [1.807, 2.05) is 31.1 Å². The minimum atomic E-state index is -0.159. The van der Waals surface area contributed by atoms with E-state index in [2.05, 4.69) is 20.2 Å². The van der Waals surface area contributed by atoms with E-state index in [1.54, 1.807) is 17.3 Å². The van der Waals surface area contributed by atoms with Crippen molar-refractivity contribution in [3.63, 3.8) is 0 Å². The van der Waals surface area contributed by atoms with Crippen LogP contribution in [0.1, 0.15) is 16.2 Å². The summed E-state index contributed by atoms with van der Waals surface area (Å²) in [6.45, 7) is 1.89. The molecular formula is C13H18N6O. The minimum absolute atomic E-state index is 0.159. The largest absolute Gasteiger partial charge is 0.330 e. The number of rotatable bonds is 6. The lowest BCUT2D eigenvalue weighted by atomic mass is 10.2. The number of carbonyl (C=O) groups is 1. The topological polar surface area (TPSA) is 78.0 Å². The first-order valence-electron chi connectivity index (χ1n) is 6.35. The zero-order chi connectivity index (χ0) is 14.4. The second-order valence-electron chi connectivity index (χ2n) is 4.73. The third-order valence-corrected chi connectivity index (χ3v) is 2.82. The molecule has 0 aliphatic carbocycles. The van der Waals surface area contributed by atoms with Crippen LogP contribution in [0.25, 0.3) is 0 Å². The van der Waals surface area contributed by atoms with Crippen LogP contribution < -0.4 is 0 Å². The molecule has 7 heteroatoms. The van der Waals surface area contributed by atoms with Gasteiger partial charge in [-0.15, -0.1) is 0 Å². The zero-order valence-electron chi connectivity index (χ0n) is 11.7. The lowest BCUT2D eigenvalue weighted by Crippen LogP contribution is -2.36. The average molecular weight is 274 g/mol. The Hall–Kier alpha value is -2.28. The molecule has 0 saturated heterocycles. The van der Waals surface area contributed by atoms with Crippen LogP contribution in [0.2, 0.25) is 0 Å². The molecule has 1 N–H and O–H groups in total. The van der Waals surface area contributed by atoms with Crippen molar-refractivity contribution in [2.24, 2.45) is 0 Å². The molecule has 0 spiro atoms. The fourth-order valence-electron chi connectivity index (χ4n) is 1.74. The van der Waals surface area contributed by atoms with E-state index in [1.165, 1.54) is 6.33 Å². The smallest absolute Gasteiger partial charge is 0.291 e. The Labute approximate surface area is 117 Å². The molecule has 0 unspecified atom stereocenters. The summed E-state index contributed by atoms with van der Waals surface area (Å²) in [5, 5.41) is 6.33. The summed E-state index contributed by atoms with van der Waals surface area (Å²) < 4.78 is 0. The molecule has 2 aromatic rings. The zero-order valence-corrected chi connectivity index (χ0v) is 11.7. The van der Waals surface area contributed by atoms with Crippen molar-refractivity contribution in [2.45, 2.75) is 6.54 Å². The lowest BCUT2D eigenvalue weighted by molar-refractivity contribution is 0.0720. The van der Waals surface area contributed by atoms with Crippen LogP contribution in [-0.2, 0) is 6.54 Å². The number of hydrogen-bond donors (Lipinski definition) is 1. The Bertz CT molecular complexity index is 525. The van der Waals surface area contributed by atoms with E-state index in [9.17, 15) is 4.79 Å². The SMILES string of the molecule is CN(C)CCN(Cc1cccnc1)C(=O)c1ncn[nH]1. The van der Waals surface area contributed by atoms with Gasteiger partial charge in [-0.1, -0.05) is 6.07 Å². The van der Waals surface area contributed by atoms with Crippen molar-refractivity contribution >= 4 is 5.91 Å². The van der Waals surface area contributed by atoms with E-state index in [-0.39, 0.29) is 11.7 Å².